The molecule has 0 atom stereocenters. The number of alkyl halides is 6. The van der Waals surface area contributed by atoms with Crippen LogP contribution in [0.3, 0.4) is 0 Å². The Balaban J connectivity index is 2.00. The van der Waals surface area contributed by atoms with Gasteiger partial charge in [-0.15, -0.1) is 5.10 Å². The Hall–Kier alpha value is -4.50. The number of carbonyl (C=O) groups excluding carboxylic acids is 1. The Morgan fingerprint density at radius 1 is 1.03 bits per heavy atom. The zero-order valence-corrected chi connectivity index (χ0v) is 16.4. The summed E-state index contributed by atoms with van der Waals surface area (Å²) in [5.74, 6) is -1.56. The van der Waals surface area contributed by atoms with E-state index in [2.05, 4.69) is 20.1 Å². The maximum Gasteiger partial charge on any atom is 0.433 e. The number of rotatable bonds is 5. The first-order valence-corrected chi connectivity index (χ1v) is 8.80. The van der Waals surface area contributed by atoms with Gasteiger partial charge in [-0.2, -0.15) is 26.3 Å². The minimum atomic E-state index is -5.16. The molecular formula is C18H11F6N7O3. The van der Waals surface area contributed by atoms with Gasteiger partial charge >= 0.3 is 18.4 Å². The number of amides is 2. The maximum absolute atomic E-state index is 13.0. The molecule has 0 saturated carbocycles. The lowest BCUT2D eigenvalue weighted by Crippen LogP contribution is -2.15. The number of nitrogens with one attached hydrogen (secondary N) is 1. The van der Waals surface area contributed by atoms with Gasteiger partial charge in [-0.25, -0.2) is 24.4 Å². The summed E-state index contributed by atoms with van der Waals surface area (Å²) in [5.41, 5.74) is 1.03. The summed E-state index contributed by atoms with van der Waals surface area (Å²) in [6.45, 7) is 0. The van der Waals surface area contributed by atoms with Crippen molar-refractivity contribution >= 4 is 29.6 Å². The first-order valence-electron chi connectivity index (χ1n) is 8.80. The molecule has 0 aromatic carbocycles. The molecule has 4 N–H and O–H groups in total. The molecule has 3 aromatic rings. The van der Waals surface area contributed by atoms with Gasteiger partial charge in [0.2, 0.25) is 0 Å². The summed E-state index contributed by atoms with van der Waals surface area (Å²) < 4.78 is 79.0. The van der Waals surface area contributed by atoms with Crippen molar-refractivity contribution in [3.8, 4) is 11.4 Å². The second-order valence-corrected chi connectivity index (χ2v) is 6.44. The van der Waals surface area contributed by atoms with E-state index in [9.17, 15) is 35.9 Å². The molecule has 0 spiro atoms. The highest BCUT2D eigenvalue weighted by molar-refractivity contribution is 6.22. The van der Waals surface area contributed by atoms with Crippen molar-refractivity contribution < 1.29 is 41.0 Å². The van der Waals surface area contributed by atoms with Gasteiger partial charge in [-0.05, 0) is 24.3 Å². The van der Waals surface area contributed by atoms with Crippen LogP contribution >= 0.6 is 0 Å². The van der Waals surface area contributed by atoms with Crippen molar-refractivity contribution in [2.75, 3.05) is 5.32 Å². The van der Waals surface area contributed by atoms with E-state index in [1.165, 1.54) is 12.1 Å². The van der Waals surface area contributed by atoms with Crippen molar-refractivity contribution in [1.82, 2.24) is 24.7 Å². The summed E-state index contributed by atoms with van der Waals surface area (Å²) in [6, 6.07) is 3.22. The van der Waals surface area contributed by atoms with Gasteiger partial charge in [0.05, 0.1) is 5.57 Å². The van der Waals surface area contributed by atoms with Crippen molar-refractivity contribution in [3.05, 3.63) is 53.7 Å². The number of nitrogens with zero attached hydrogens (tertiary/aromatic N) is 5. The van der Waals surface area contributed by atoms with Crippen LogP contribution in [0.25, 0.3) is 23.2 Å². The van der Waals surface area contributed by atoms with E-state index in [0.29, 0.717) is 12.1 Å². The lowest BCUT2D eigenvalue weighted by atomic mass is 10.1. The van der Waals surface area contributed by atoms with Crippen LogP contribution in [0.1, 0.15) is 17.0 Å². The first kappa shape index (κ1) is 24.1. The fourth-order valence-electron chi connectivity index (χ4n) is 2.57. The molecule has 34 heavy (non-hydrogen) atoms. The molecule has 3 heterocycles. The number of anilines is 1. The van der Waals surface area contributed by atoms with Gasteiger partial charge in [-0.3, -0.25) is 10.1 Å². The van der Waals surface area contributed by atoms with E-state index >= 15 is 0 Å². The van der Waals surface area contributed by atoms with Crippen LogP contribution in [0.5, 0.6) is 0 Å². The molecule has 0 bridgehead atoms. The average Bonchev–Trinajstić information content (AvgIpc) is 3.19. The minimum Gasteiger partial charge on any atom is -0.465 e. The van der Waals surface area contributed by atoms with E-state index in [0.717, 1.165) is 23.4 Å². The second-order valence-electron chi connectivity index (χ2n) is 6.44. The van der Waals surface area contributed by atoms with Gasteiger partial charge in [0, 0.05) is 23.5 Å². The molecule has 0 unspecified atom stereocenters. The molecule has 0 aliphatic rings. The molecule has 3 rings (SSSR count). The Morgan fingerprint density at radius 2 is 1.65 bits per heavy atom. The quantitative estimate of drug-likeness (QED) is 0.369. The minimum absolute atomic E-state index is 0.0539. The molecule has 10 nitrogen and oxygen atoms in total. The number of nitrogens with two attached hydrogens (primary N) is 1. The Bertz CT molecular complexity index is 1230. The zero-order chi connectivity index (χ0) is 25.3. The number of pyridine rings is 2. The van der Waals surface area contributed by atoms with E-state index in [1.54, 1.807) is 0 Å². The van der Waals surface area contributed by atoms with Crippen LogP contribution in [0.15, 0.2) is 36.8 Å². The summed E-state index contributed by atoms with van der Waals surface area (Å²) >= 11 is 0. The molecule has 178 valence electrons. The summed E-state index contributed by atoms with van der Waals surface area (Å²) in [4.78, 5) is 32.5. The smallest absolute Gasteiger partial charge is 0.433 e. The number of carboxylic acid groups (broad SMARTS) is 1. The lowest BCUT2D eigenvalue weighted by molar-refractivity contribution is -0.150. The third kappa shape index (κ3) is 5.64. The lowest BCUT2D eigenvalue weighted by Gasteiger charge is -2.11. The van der Waals surface area contributed by atoms with Crippen molar-refractivity contribution in [1.29, 1.82) is 0 Å². The number of hydrogen-bond acceptors (Lipinski definition) is 6. The number of primary amides is 1. The Kier molecular flexibility index (Phi) is 6.25. The monoisotopic (exact) mass is 487 g/mol. The highest BCUT2D eigenvalue weighted by atomic mass is 19.4. The van der Waals surface area contributed by atoms with Gasteiger partial charge in [0.1, 0.15) is 23.5 Å². The molecule has 2 amide bonds. The Morgan fingerprint density at radius 3 is 2.12 bits per heavy atom. The fraction of sp³-hybridized carbons (Fsp3) is 0.111. The maximum atomic E-state index is 13.0. The van der Waals surface area contributed by atoms with Gasteiger partial charge in [-0.1, -0.05) is 0 Å². The largest absolute Gasteiger partial charge is 0.465 e. The van der Waals surface area contributed by atoms with Crippen LogP contribution in [-0.2, 0) is 17.1 Å². The number of hydrogen-bond donors (Lipinski definition) is 3. The van der Waals surface area contributed by atoms with Gasteiger partial charge < -0.3 is 10.8 Å². The van der Waals surface area contributed by atoms with Crippen molar-refractivity contribution in [2.45, 2.75) is 12.4 Å². The van der Waals surface area contributed by atoms with Gasteiger partial charge in [0.25, 0.3) is 5.91 Å². The van der Waals surface area contributed by atoms with Crippen molar-refractivity contribution in [2.24, 2.45) is 5.73 Å². The van der Waals surface area contributed by atoms with Crippen molar-refractivity contribution in [3.63, 3.8) is 0 Å². The molecule has 0 aliphatic heterocycles. The van der Waals surface area contributed by atoms with Crippen LogP contribution in [0.2, 0.25) is 0 Å². The SMILES string of the molecule is NC(=O)C(=Cn1cnc(-c2cc(C(F)(F)F)nc(C(F)(F)F)c2)n1)c1ccc(NC(=O)O)nc1. The standard InChI is InChI=1S/C18H11F6N7O3/c19-17(20,21)11-3-9(4-12(28-11)18(22,23)24)15-27-7-31(30-15)6-10(14(25)32)8-1-2-13(26-5-8)29-16(33)34/h1-7H,(H2,25,32)(H,26,29)(H,33,34). The van der Waals surface area contributed by atoms with E-state index < -0.39 is 47.1 Å². The summed E-state index contributed by atoms with van der Waals surface area (Å²) in [6.07, 6.45) is -8.66. The van der Waals surface area contributed by atoms with E-state index in [4.69, 9.17) is 10.8 Å². The van der Waals surface area contributed by atoms with Crippen LogP contribution in [-0.4, -0.2) is 41.8 Å². The van der Waals surface area contributed by atoms with E-state index in [1.807, 2.05) is 5.32 Å². The fourth-order valence-corrected chi connectivity index (χ4v) is 2.57. The normalized spacial score (nSPS) is 12.5. The van der Waals surface area contributed by atoms with E-state index in [-0.39, 0.29) is 17.0 Å². The molecule has 0 saturated heterocycles. The summed E-state index contributed by atoms with van der Waals surface area (Å²) in [5, 5.41) is 14.4. The average molecular weight is 487 g/mol. The number of aromatic nitrogens is 5. The zero-order valence-electron chi connectivity index (χ0n) is 16.4. The molecule has 16 heteroatoms. The topological polar surface area (TPSA) is 149 Å². The Labute approximate surface area is 184 Å². The summed E-state index contributed by atoms with van der Waals surface area (Å²) in [7, 11) is 0. The highest BCUT2D eigenvalue weighted by Crippen LogP contribution is 2.35. The van der Waals surface area contributed by atoms with Crippen LogP contribution in [0.4, 0.5) is 37.0 Å². The molecule has 3 aromatic heterocycles. The third-order valence-electron chi connectivity index (χ3n) is 4.01. The molecule has 0 radical (unpaired) electrons. The first-order chi connectivity index (χ1) is 15.7. The third-order valence-corrected chi connectivity index (χ3v) is 4.01. The second kappa shape index (κ2) is 8.80. The highest BCUT2D eigenvalue weighted by Gasteiger charge is 2.39. The van der Waals surface area contributed by atoms with Gasteiger partial charge in [0.15, 0.2) is 5.82 Å². The molecule has 0 aliphatic carbocycles. The molecular weight excluding hydrogens is 476 g/mol. The number of halogens is 6. The number of carbonyl (C=O) groups is 2. The van der Waals surface area contributed by atoms with Crippen LogP contribution in [0, 0.1) is 0 Å². The molecule has 0 fully saturated rings. The predicted molar refractivity (Wildman–Crippen MR) is 103 cm³/mol. The predicted octanol–water partition coefficient (Wildman–Crippen LogP) is 3.35. The van der Waals surface area contributed by atoms with Crippen LogP contribution < -0.4 is 11.1 Å².